The average molecular weight is 316 g/mol. The summed E-state index contributed by atoms with van der Waals surface area (Å²) in [6.07, 6.45) is 3.68. The van der Waals surface area contributed by atoms with Crippen LogP contribution in [0.4, 0.5) is 0 Å². The van der Waals surface area contributed by atoms with Crippen molar-refractivity contribution in [1.29, 1.82) is 0 Å². The van der Waals surface area contributed by atoms with Gasteiger partial charge in [0.1, 0.15) is 0 Å². The van der Waals surface area contributed by atoms with E-state index in [0.29, 0.717) is 26.3 Å². The first-order valence-corrected chi connectivity index (χ1v) is 8.47. The molecular formula is C18H24N2O3. The maximum Gasteiger partial charge on any atom is 0.223 e. The molecule has 0 bridgehead atoms. The van der Waals surface area contributed by atoms with Crippen molar-refractivity contribution >= 4 is 11.8 Å². The summed E-state index contributed by atoms with van der Waals surface area (Å²) in [6.45, 7) is 2.46. The second-order valence-electron chi connectivity index (χ2n) is 6.20. The minimum atomic E-state index is -0.0340. The summed E-state index contributed by atoms with van der Waals surface area (Å²) >= 11 is 0. The Morgan fingerprint density at radius 1 is 1.17 bits per heavy atom. The highest BCUT2D eigenvalue weighted by molar-refractivity contribution is 5.84. The van der Waals surface area contributed by atoms with Gasteiger partial charge in [-0.25, -0.2) is 0 Å². The second kappa shape index (κ2) is 7.59. The molecule has 2 aliphatic rings. The van der Waals surface area contributed by atoms with Crippen LogP contribution in [0.3, 0.4) is 0 Å². The van der Waals surface area contributed by atoms with Crippen molar-refractivity contribution in [3.8, 4) is 0 Å². The lowest BCUT2D eigenvalue weighted by Crippen LogP contribution is -2.41. The van der Waals surface area contributed by atoms with Gasteiger partial charge < -0.3 is 15.0 Å². The van der Waals surface area contributed by atoms with Gasteiger partial charge in [-0.2, -0.15) is 0 Å². The summed E-state index contributed by atoms with van der Waals surface area (Å²) in [6, 6.07) is 8.38. The van der Waals surface area contributed by atoms with Gasteiger partial charge in [0.15, 0.2) is 0 Å². The van der Waals surface area contributed by atoms with Crippen LogP contribution in [-0.2, 0) is 20.7 Å². The molecule has 1 aromatic rings. The largest absolute Gasteiger partial charge is 0.378 e. The Labute approximate surface area is 137 Å². The molecule has 1 atom stereocenters. The smallest absolute Gasteiger partial charge is 0.223 e. The van der Waals surface area contributed by atoms with Crippen LogP contribution in [0.25, 0.3) is 0 Å². The normalized spacial score (nSPS) is 20.7. The Balaban J connectivity index is 1.49. The molecule has 1 aromatic carbocycles. The van der Waals surface area contributed by atoms with Crippen LogP contribution in [0.2, 0.25) is 0 Å². The fourth-order valence-corrected chi connectivity index (χ4v) is 3.36. The van der Waals surface area contributed by atoms with Crippen LogP contribution >= 0.6 is 0 Å². The lowest BCUT2D eigenvalue weighted by Gasteiger charge is -2.28. The van der Waals surface area contributed by atoms with Gasteiger partial charge in [-0.1, -0.05) is 24.3 Å². The van der Waals surface area contributed by atoms with E-state index in [1.807, 2.05) is 12.1 Å². The van der Waals surface area contributed by atoms with E-state index in [4.69, 9.17) is 4.74 Å². The summed E-state index contributed by atoms with van der Waals surface area (Å²) in [5.74, 6) is 0.0146. The van der Waals surface area contributed by atoms with Crippen molar-refractivity contribution in [3.63, 3.8) is 0 Å². The van der Waals surface area contributed by atoms with E-state index in [1.165, 1.54) is 11.1 Å². The average Bonchev–Trinajstić information content (AvgIpc) is 2.61. The highest BCUT2D eigenvalue weighted by Crippen LogP contribution is 2.29. The fourth-order valence-electron chi connectivity index (χ4n) is 3.36. The molecule has 1 aliphatic carbocycles. The van der Waals surface area contributed by atoms with Gasteiger partial charge in [-0.15, -0.1) is 0 Å². The van der Waals surface area contributed by atoms with Crippen LogP contribution in [0.15, 0.2) is 24.3 Å². The number of fused-ring (bicyclic) bond motifs is 1. The fraction of sp³-hybridized carbons (Fsp3) is 0.556. The van der Waals surface area contributed by atoms with Gasteiger partial charge in [-0.3, -0.25) is 9.59 Å². The van der Waals surface area contributed by atoms with E-state index in [-0.39, 0.29) is 30.7 Å². The zero-order valence-corrected chi connectivity index (χ0v) is 13.4. The predicted octanol–water partition coefficient (Wildman–Crippen LogP) is 1.82. The first kappa shape index (κ1) is 16.0. The lowest BCUT2D eigenvalue weighted by atomic mass is 9.87. The molecule has 0 saturated carbocycles. The molecule has 5 heteroatoms. The van der Waals surface area contributed by atoms with Crippen molar-refractivity contribution in [1.82, 2.24) is 10.2 Å². The number of ether oxygens (including phenoxy) is 1. The molecule has 1 fully saturated rings. The molecule has 1 heterocycles. The van der Waals surface area contributed by atoms with E-state index < -0.39 is 0 Å². The SMILES string of the molecule is O=C(CCC(=O)N1CCOCC1)NC1CCCc2ccccc21. The number of hydrogen-bond donors (Lipinski definition) is 1. The van der Waals surface area contributed by atoms with Gasteiger partial charge in [-0.05, 0) is 30.4 Å². The Morgan fingerprint density at radius 2 is 1.96 bits per heavy atom. The van der Waals surface area contributed by atoms with E-state index in [0.717, 1.165) is 19.3 Å². The predicted molar refractivity (Wildman–Crippen MR) is 86.9 cm³/mol. The summed E-state index contributed by atoms with van der Waals surface area (Å²) in [7, 11) is 0. The topological polar surface area (TPSA) is 58.6 Å². The summed E-state index contributed by atoms with van der Waals surface area (Å²) in [5, 5.41) is 3.10. The summed E-state index contributed by atoms with van der Waals surface area (Å²) in [4.78, 5) is 26.1. The minimum Gasteiger partial charge on any atom is -0.378 e. The van der Waals surface area contributed by atoms with Gasteiger partial charge in [0.2, 0.25) is 11.8 Å². The quantitative estimate of drug-likeness (QED) is 0.922. The highest BCUT2D eigenvalue weighted by Gasteiger charge is 2.22. The van der Waals surface area contributed by atoms with E-state index >= 15 is 0 Å². The molecule has 0 aromatic heterocycles. The maximum atomic E-state index is 12.2. The standard InChI is InChI=1S/C18H24N2O3/c21-17(8-9-18(22)20-10-12-23-13-11-20)19-16-7-3-5-14-4-1-2-6-15(14)16/h1-2,4,6,16H,3,5,7-13H2,(H,19,21). The molecule has 1 saturated heterocycles. The first-order chi connectivity index (χ1) is 11.2. The Hall–Kier alpha value is -1.88. The number of rotatable bonds is 4. The second-order valence-corrected chi connectivity index (χ2v) is 6.20. The van der Waals surface area contributed by atoms with Crippen molar-refractivity contribution in [3.05, 3.63) is 35.4 Å². The van der Waals surface area contributed by atoms with Crippen LogP contribution < -0.4 is 5.32 Å². The number of aryl methyl sites for hydroxylation is 1. The third-order valence-corrected chi connectivity index (χ3v) is 4.63. The number of nitrogens with one attached hydrogen (secondary N) is 1. The van der Waals surface area contributed by atoms with Gasteiger partial charge >= 0.3 is 0 Å². The molecule has 5 nitrogen and oxygen atoms in total. The third-order valence-electron chi connectivity index (χ3n) is 4.63. The molecule has 0 radical (unpaired) electrons. The van der Waals surface area contributed by atoms with E-state index in [1.54, 1.807) is 4.90 Å². The summed E-state index contributed by atoms with van der Waals surface area (Å²) in [5.41, 5.74) is 2.56. The first-order valence-electron chi connectivity index (χ1n) is 8.47. The molecular weight excluding hydrogens is 292 g/mol. The van der Waals surface area contributed by atoms with Crippen LogP contribution in [0.5, 0.6) is 0 Å². The summed E-state index contributed by atoms with van der Waals surface area (Å²) < 4.78 is 5.24. The monoisotopic (exact) mass is 316 g/mol. The van der Waals surface area contributed by atoms with Crippen molar-refractivity contribution in [2.24, 2.45) is 0 Å². The number of nitrogens with zero attached hydrogens (tertiary/aromatic N) is 1. The Kier molecular flexibility index (Phi) is 5.28. The number of carbonyl (C=O) groups is 2. The number of amides is 2. The van der Waals surface area contributed by atoms with Crippen molar-refractivity contribution in [2.45, 2.75) is 38.1 Å². The van der Waals surface area contributed by atoms with E-state index in [2.05, 4.69) is 17.4 Å². The molecule has 3 rings (SSSR count). The number of hydrogen-bond acceptors (Lipinski definition) is 3. The lowest BCUT2D eigenvalue weighted by molar-refractivity contribution is -0.137. The minimum absolute atomic E-state index is 0.0340. The molecule has 124 valence electrons. The Bertz CT molecular complexity index is 567. The molecule has 0 spiro atoms. The number of benzene rings is 1. The molecule has 2 amide bonds. The Morgan fingerprint density at radius 3 is 2.78 bits per heavy atom. The zero-order chi connectivity index (χ0) is 16.1. The van der Waals surface area contributed by atoms with Crippen LogP contribution in [0.1, 0.15) is 42.9 Å². The van der Waals surface area contributed by atoms with Crippen LogP contribution in [0, 0.1) is 0 Å². The van der Waals surface area contributed by atoms with Crippen molar-refractivity contribution < 1.29 is 14.3 Å². The van der Waals surface area contributed by atoms with Gasteiger partial charge in [0.05, 0.1) is 19.3 Å². The highest BCUT2D eigenvalue weighted by atomic mass is 16.5. The molecule has 23 heavy (non-hydrogen) atoms. The zero-order valence-electron chi connectivity index (χ0n) is 13.4. The van der Waals surface area contributed by atoms with Crippen molar-refractivity contribution in [2.75, 3.05) is 26.3 Å². The molecule has 1 aliphatic heterocycles. The number of carbonyl (C=O) groups excluding carboxylic acids is 2. The maximum absolute atomic E-state index is 12.2. The number of morpholine rings is 1. The van der Waals surface area contributed by atoms with Crippen LogP contribution in [-0.4, -0.2) is 43.0 Å². The molecule has 1 N–H and O–H groups in total. The van der Waals surface area contributed by atoms with E-state index in [9.17, 15) is 9.59 Å². The van der Waals surface area contributed by atoms with Gasteiger partial charge in [0, 0.05) is 25.9 Å². The molecule has 1 unspecified atom stereocenters. The third kappa shape index (κ3) is 4.10. The van der Waals surface area contributed by atoms with Gasteiger partial charge in [0.25, 0.3) is 0 Å².